The second-order valence-electron chi connectivity index (χ2n) is 10.8. The molecular formula is C31H25ClN4O4. The third-order valence-electron chi connectivity index (χ3n) is 8.63. The number of imide groups is 1. The molecule has 9 heteroatoms. The van der Waals surface area contributed by atoms with E-state index in [1.807, 2.05) is 37.4 Å². The molecule has 1 aromatic heterocycles. The summed E-state index contributed by atoms with van der Waals surface area (Å²) >= 11 is 6.47. The first kappa shape index (κ1) is 24.7. The molecular weight excluding hydrogens is 528 g/mol. The number of carbonyl (C=O) groups is 4. The topological polar surface area (TPSA) is 111 Å². The average Bonchev–Trinajstić information content (AvgIpc) is 3.64. The van der Waals surface area contributed by atoms with E-state index in [0.29, 0.717) is 33.9 Å². The van der Waals surface area contributed by atoms with E-state index in [9.17, 15) is 19.2 Å². The lowest BCUT2D eigenvalue weighted by molar-refractivity contribution is -0.130. The fraction of sp³-hybridized carbons (Fsp3) is 0.226. The van der Waals surface area contributed by atoms with Crippen molar-refractivity contribution >= 4 is 57.4 Å². The average molecular weight is 553 g/mol. The quantitative estimate of drug-likeness (QED) is 0.255. The molecule has 2 fully saturated rings. The van der Waals surface area contributed by atoms with Crippen molar-refractivity contribution in [3.63, 3.8) is 0 Å². The lowest BCUT2D eigenvalue weighted by Gasteiger charge is -2.29. The number of anilines is 2. The Morgan fingerprint density at radius 1 is 1.02 bits per heavy atom. The van der Waals surface area contributed by atoms with Crippen LogP contribution in [-0.4, -0.2) is 34.5 Å². The monoisotopic (exact) mass is 552 g/mol. The van der Waals surface area contributed by atoms with Crippen LogP contribution in [0.15, 0.2) is 66.9 Å². The zero-order chi connectivity index (χ0) is 27.9. The maximum absolute atomic E-state index is 14.2. The van der Waals surface area contributed by atoms with E-state index in [1.54, 1.807) is 36.4 Å². The maximum atomic E-state index is 14.2. The molecule has 3 aliphatic rings. The standard InChI is InChI=1S/C31H25ClN4O4/c1-15-11-19(32)13-22-27(15)34-30(40)31(22)26-25(24(35-31)12-18-14-33-23-6-4-3-5-21(18)23)28(38)36(29(26)39)20-9-7-17(8-10-20)16(2)37/h3-11,13-14,24-26,33,35H,12H2,1-2H3,(H,34,40)/t24-,25-,26+,31-/m1/s1. The molecule has 0 saturated carbocycles. The van der Waals surface area contributed by atoms with Gasteiger partial charge in [0.25, 0.3) is 0 Å². The molecule has 7 rings (SSSR count). The van der Waals surface area contributed by atoms with E-state index >= 15 is 0 Å². The number of halogens is 1. The number of nitrogens with zero attached hydrogens (tertiary/aromatic N) is 1. The molecule has 3 N–H and O–H groups in total. The zero-order valence-electron chi connectivity index (χ0n) is 21.7. The molecule has 0 unspecified atom stereocenters. The minimum Gasteiger partial charge on any atom is -0.361 e. The van der Waals surface area contributed by atoms with Gasteiger partial charge in [0.1, 0.15) is 5.54 Å². The first-order valence-corrected chi connectivity index (χ1v) is 13.5. The number of carbonyl (C=O) groups excluding carboxylic acids is 4. The van der Waals surface area contributed by atoms with E-state index in [0.717, 1.165) is 22.0 Å². The van der Waals surface area contributed by atoms with Crippen LogP contribution in [0.25, 0.3) is 10.9 Å². The fourth-order valence-corrected chi connectivity index (χ4v) is 7.12. The summed E-state index contributed by atoms with van der Waals surface area (Å²) in [6.07, 6.45) is 2.33. The number of aromatic nitrogens is 1. The number of nitrogens with one attached hydrogen (secondary N) is 3. The number of aromatic amines is 1. The summed E-state index contributed by atoms with van der Waals surface area (Å²) in [5.74, 6) is -3.11. The van der Waals surface area contributed by atoms with Crippen molar-refractivity contribution in [3.05, 3.63) is 94.1 Å². The second-order valence-corrected chi connectivity index (χ2v) is 11.3. The van der Waals surface area contributed by atoms with Crippen LogP contribution < -0.4 is 15.5 Å². The number of benzene rings is 3. The first-order chi connectivity index (χ1) is 19.2. The molecule has 4 heterocycles. The third-order valence-corrected chi connectivity index (χ3v) is 8.85. The minimum atomic E-state index is -1.47. The van der Waals surface area contributed by atoms with E-state index in [1.165, 1.54) is 11.8 Å². The van der Waals surface area contributed by atoms with Crippen LogP contribution in [-0.2, 0) is 26.3 Å². The van der Waals surface area contributed by atoms with Crippen molar-refractivity contribution in [2.45, 2.75) is 31.8 Å². The van der Waals surface area contributed by atoms with Crippen molar-refractivity contribution in [2.75, 3.05) is 10.2 Å². The molecule has 200 valence electrons. The summed E-state index contributed by atoms with van der Waals surface area (Å²) in [7, 11) is 0. The summed E-state index contributed by atoms with van der Waals surface area (Å²) in [5, 5.41) is 7.92. The van der Waals surface area contributed by atoms with Gasteiger partial charge < -0.3 is 10.3 Å². The third kappa shape index (κ3) is 3.29. The molecule has 0 aliphatic carbocycles. The normalized spacial score (nSPS) is 25.1. The number of amides is 3. The molecule has 3 aromatic carbocycles. The number of ketones is 1. The Morgan fingerprint density at radius 3 is 2.52 bits per heavy atom. The Hall–Kier alpha value is -4.27. The van der Waals surface area contributed by atoms with E-state index < -0.39 is 29.3 Å². The van der Waals surface area contributed by atoms with Gasteiger partial charge in [0.15, 0.2) is 5.78 Å². The fourth-order valence-electron chi connectivity index (χ4n) is 6.85. The number of aryl methyl sites for hydroxylation is 1. The SMILES string of the molecule is CC(=O)c1ccc(N2C(=O)[C@H]3[C@@H](C2=O)[C@@]2(N[C@@H]3Cc3c[nH]c4ccccc34)C(=O)Nc3c(C)cc(Cl)cc32)cc1. The molecule has 0 radical (unpaired) electrons. The Bertz CT molecular complexity index is 1780. The highest BCUT2D eigenvalue weighted by Crippen LogP contribution is 2.55. The van der Waals surface area contributed by atoms with Gasteiger partial charge in [-0.3, -0.25) is 24.5 Å². The van der Waals surface area contributed by atoms with Gasteiger partial charge in [0, 0.05) is 45.0 Å². The van der Waals surface area contributed by atoms with Crippen molar-refractivity contribution in [2.24, 2.45) is 11.8 Å². The molecule has 4 atom stereocenters. The first-order valence-electron chi connectivity index (χ1n) is 13.1. The smallest absolute Gasteiger partial charge is 0.250 e. The van der Waals surface area contributed by atoms with Gasteiger partial charge in [0.2, 0.25) is 17.7 Å². The molecule has 3 amide bonds. The Morgan fingerprint density at radius 2 is 1.77 bits per heavy atom. The summed E-state index contributed by atoms with van der Waals surface area (Å²) in [4.78, 5) is 58.5. The largest absolute Gasteiger partial charge is 0.361 e. The Kier molecular flexibility index (Phi) is 5.33. The maximum Gasteiger partial charge on any atom is 0.250 e. The predicted molar refractivity (Wildman–Crippen MR) is 151 cm³/mol. The van der Waals surface area contributed by atoms with Gasteiger partial charge in [-0.15, -0.1) is 0 Å². The van der Waals surface area contributed by atoms with E-state index in [2.05, 4.69) is 15.6 Å². The lowest BCUT2D eigenvalue weighted by atomic mass is 9.76. The van der Waals surface area contributed by atoms with Crippen LogP contribution in [0.5, 0.6) is 0 Å². The van der Waals surface area contributed by atoms with Crippen LogP contribution in [0.4, 0.5) is 11.4 Å². The summed E-state index contributed by atoms with van der Waals surface area (Å²) in [6.45, 7) is 3.31. The minimum absolute atomic E-state index is 0.115. The van der Waals surface area contributed by atoms with Crippen molar-refractivity contribution in [1.29, 1.82) is 0 Å². The Balaban J connectivity index is 1.38. The summed E-state index contributed by atoms with van der Waals surface area (Å²) in [5.41, 5.74) is 3.30. The molecule has 8 nitrogen and oxygen atoms in total. The van der Waals surface area contributed by atoms with Gasteiger partial charge in [-0.25, -0.2) is 4.90 Å². The number of H-pyrrole nitrogens is 1. The number of fused-ring (bicyclic) bond motifs is 5. The molecule has 3 aliphatic heterocycles. The highest BCUT2D eigenvalue weighted by molar-refractivity contribution is 6.31. The second kappa shape index (κ2) is 8.61. The molecule has 4 aromatic rings. The van der Waals surface area contributed by atoms with Crippen LogP contribution in [0.2, 0.25) is 5.02 Å². The number of rotatable bonds is 4. The predicted octanol–water partition coefficient (Wildman–Crippen LogP) is 4.50. The highest BCUT2D eigenvalue weighted by Gasteiger charge is 2.70. The molecule has 40 heavy (non-hydrogen) atoms. The highest BCUT2D eigenvalue weighted by atomic mass is 35.5. The molecule has 1 spiro atoms. The van der Waals surface area contributed by atoms with Gasteiger partial charge in [0.05, 0.1) is 17.5 Å². The van der Waals surface area contributed by atoms with Crippen molar-refractivity contribution < 1.29 is 19.2 Å². The van der Waals surface area contributed by atoms with Gasteiger partial charge >= 0.3 is 0 Å². The van der Waals surface area contributed by atoms with Crippen LogP contribution in [0, 0.1) is 18.8 Å². The summed E-state index contributed by atoms with van der Waals surface area (Å²) < 4.78 is 0. The van der Waals surface area contributed by atoms with Crippen LogP contribution >= 0.6 is 11.6 Å². The molecule has 0 bridgehead atoms. The zero-order valence-corrected chi connectivity index (χ0v) is 22.5. The summed E-state index contributed by atoms with van der Waals surface area (Å²) in [6, 6.07) is 17.3. The van der Waals surface area contributed by atoms with Crippen molar-refractivity contribution in [3.8, 4) is 0 Å². The van der Waals surface area contributed by atoms with Gasteiger partial charge in [-0.1, -0.05) is 29.8 Å². The Labute approximate surface area is 234 Å². The van der Waals surface area contributed by atoms with Crippen LogP contribution in [0.3, 0.4) is 0 Å². The molecule has 2 saturated heterocycles. The number of hydrogen-bond acceptors (Lipinski definition) is 5. The van der Waals surface area contributed by atoms with Crippen molar-refractivity contribution in [1.82, 2.24) is 10.3 Å². The van der Waals surface area contributed by atoms with E-state index in [4.69, 9.17) is 11.6 Å². The van der Waals surface area contributed by atoms with Crippen LogP contribution in [0.1, 0.15) is 34.0 Å². The van der Waals surface area contributed by atoms with Gasteiger partial charge in [-0.2, -0.15) is 0 Å². The number of para-hydroxylation sites is 1. The number of hydrogen-bond donors (Lipinski definition) is 3. The lowest BCUT2D eigenvalue weighted by Crippen LogP contribution is -2.53. The van der Waals surface area contributed by atoms with E-state index in [-0.39, 0.29) is 17.6 Å². The number of Topliss-reactive ketones (excluding diaryl/α,β-unsaturated/α-hetero) is 1. The van der Waals surface area contributed by atoms with Gasteiger partial charge in [-0.05, 0) is 73.9 Å².